The Balaban J connectivity index is 3.32. The number of methoxy groups -OCH3 is 1. The van der Waals surface area contributed by atoms with Gasteiger partial charge in [-0.05, 0) is 26.0 Å². The lowest BCUT2D eigenvalue weighted by atomic mass is 9.98. The van der Waals surface area contributed by atoms with Gasteiger partial charge in [-0.15, -0.1) is 0 Å². The molecule has 0 aliphatic rings. The third-order valence-corrected chi connectivity index (χ3v) is 2.58. The molecule has 0 radical (unpaired) electrons. The zero-order valence-electron chi connectivity index (χ0n) is 8.34. The van der Waals surface area contributed by atoms with Crippen LogP contribution in [-0.4, -0.2) is 17.3 Å². The van der Waals surface area contributed by atoms with Gasteiger partial charge in [-0.2, -0.15) is 0 Å². The second-order valence-corrected chi connectivity index (χ2v) is 4.42. The lowest BCUT2D eigenvalue weighted by Crippen LogP contribution is -2.16. The van der Waals surface area contributed by atoms with E-state index in [1.54, 1.807) is 19.9 Å². The molecule has 78 valence electrons. The molecule has 3 nitrogen and oxygen atoms in total. The number of benzene rings is 1. The second-order valence-electron chi connectivity index (χ2n) is 3.56. The van der Waals surface area contributed by atoms with Gasteiger partial charge in [0.05, 0.1) is 12.7 Å². The van der Waals surface area contributed by atoms with Gasteiger partial charge in [0.25, 0.3) is 0 Å². The van der Waals surface area contributed by atoms with Crippen LogP contribution < -0.4 is 4.74 Å². The lowest BCUT2D eigenvalue weighted by Gasteiger charge is -2.20. The van der Waals surface area contributed by atoms with E-state index in [-0.39, 0.29) is 5.75 Å². The quantitative estimate of drug-likeness (QED) is 0.859. The predicted octanol–water partition coefficient (Wildman–Crippen LogP) is 2.39. The monoisotopic (exact) mass is 260 g/mol. The van der Waals surface area contributed by atoms with Gasteiger partial charge >= 0.3 is 0 Å². The largest absolute Gasteiger partial charge is 0.504 e. The molecule has 0 amide bonds. The first kappa shape index (κ1) is 11.3. The number of aromatic hydroxyl groups is 1. The minimum absolute atomic E-state index is 0.0485. The van der Waals surface area contributed by atoms with Crippen LogP contribution in [-0.2, 0) is 5.60 Å². The highest BCUT2D eigenvalue weighted by Crippen LogP contribution is 2.37. The van der Waals surface area contributed by atoms with E-state index in [4.69, 9.17) is 4.74 Å². The van der Waals surface area contributed by atoms with Crippen molar-refractivity contribution < 1.29 is 14.9 Å². The Hall–Kier alpha value is -0.740. The van der Waals surface area contributed by atoms with Gasteiger partial charge in [0.2, 0.25) is 0 Å². The molecular weight excluding hydrogens is 248 g/mol. The summed E-state index contributed by atoms with van der Waals surface area (Å²) in [7, 11) is 1.47. The van der Waals surface area contributed by atoms with Gasteiger partial charge in [0.1, 0.15) is 0 Å². The van der Waals surface area contributed by atoms with Crippen molar-refractivity contribution in [2.45, 2.75) is 19.4 Å². The molecule has 0 heterocycles. The van der Waals surface area contributed by atoms with E-state index in [0.717, 1.165) is 0 Å². The first-order chi connectivity index (χ1) is 6.36. The highest BCUT2D eigenvalue weighted by molar-refractivity contribution is 9.10. The topological polar surface area (TPSA) is 49.7 Å². The standard InChI is InChI=1S/C10H13BrO3/c1-10(2,13)6-4-9(14-3)8(12)5-7(6)11/h4-5,12-13H,1-3H3. The van der Waals surface area contributed by atoms with Crippen molar-refractivity contribution in [1.82, 2.24) is 0 Å². The van der Waals surface area contributed by atoms with Crippen LogP contribution in [0.4, 0.5) is 0 Å². The molecule has 0 aliphatic heterocycles. The Kier molecular flexibility index (Phi) is 3.07. The van der Waals surface area contributed by atoms with Gasteiger partial charge in [0, 0.05) is 10.0 Å². The smallest absolute Gasteiger partial charge is 0.160 e. The van der Waals surface area contributed by atoms with Gasteiger partial charge in [-0.1, -0.05) is 15.9 Å². The Labute approximate surface area is 91.5 Å². The van der Waals surface area contributed by atoms with Crippen LogP contribution in [0, 0.1) is 0 Å². The molecule has 1 aromatic carbocycles. The summed E-state index contributed by atoms with van der Waals surface area (Å²) in [4.78, 5) is 0. The Morgan fingerprint density at radius 2 is 1.93 bits per heavy atom. The fourth-order valence-corrected chi connectivity index (χ4v) is 1.99. The zero-order valence-corrected chi connectivity index (χ0v) is 9.92. The molecule has 0 bridgehead atoms. The molecule has 4 heteroatoms. The lowest BCUT2D eigenvalue weighted by molar-refractivity contribution is 0.0775. The van der Waals surface area contributed by atoms with Crippen LogP contribution in [0.5, 0.6) is 11.5 Å². The molecule has 1 rings (SSSR count). The number of rotatable bonds is 2. The SMILES string of the molecule is COc1cc(C(C)(C)O)c(Br)cc1O. The maximum Gasteiger partial charge on any atom is 0.160 e. The van der Waals surface area contributed by atoms with Gasteiger partial charge in [-0.3, -0.25) is 0 Å². The molecule has 0 aliphatic carbocycles. The van der Waals surface area contributed by atoms with Crippen LogP contribution in [0.1, 0.15) is 19.4 Å². The fourth-order valence-electron chi connectivity index (χ4n) is 1.18. The van der Waals surface area contributed by atoms with Crippen LogP contribution in [0.25, 0.3) is 0 Å². The number of halogens is 1. The number of phenols is 1. The fraction of sp³-hybridized carbons (Fsp3) is 0.400. The highest BCUT2D eigenvalue weighted by Gasteiger charge is 2.21. The summed E-state index contributed by atoms with van der Waals surface area (Å²) in [5, 5.41) is 19.3. The van der Waals surface area contributed by atoms with Crippen molar-refractivity contribution in [3.8, 4) is 11.5 Å². The van der Waals surface area contributed by atoms with E-state index in [1.807, 2.05) is 0 Å². The maximum atomic E-state index is 9.81. The molecule has 0 fully saturated rings. The summed E-state index contributed by atoms with van der Waals surface area (Å²) in [6, 6.07) is 3.12. The highest BCUT2D eigenvalue weighted by atomic mass is 79.9. The first-order valence-corrected chi connectivity index (χ1v) is 4.95. The number of ether oxygens (including phenoxy) is 1. The second kappa shape index (κ2) is 3.79. The van der Waals surface area contributed by atoms with E-state index in [1.165, 1.54) is 13.2 Å². The van der Waals surface area contributed by atoms with E-state index in [9.17, 15) is 10.2 Å². The normalized spacial score (nSPS) is 11.5. The average Bonchev–Trinajstić information content (AvgIpc) is 2.02. The minimum atomic E-state index is -0.972. The van der Waals surface area contributed by atoms with Crippen molar-refractivity contribution in [3.05, 3.63) is 22.2 Å². The molecule has 2 N–H and O–H groups in total. The first-order valence-electron chi connectivity index (χ1n) is 4.15. The summed E-state index contributed by atoms with van der Waals surface area (Å²) in [6.07, 6.45) is 0. The average molecular weight is 261 g/mol. The van der Waals surface area contributed by atoms with E-state index < -0.39 is 5.60 Å². The minimum Gasteiger partial charge on any atom is -0.504 e. The van der Waals surface area contributed by atoms with E-state index in [2.05, 4.69) is 15.9 Å². The molecule has 0 saturated carbocycles. The summed E-state index contributed by atoms with van der Waals surface area (Å²) in [5.41, 5.74) is -0.299. The zero-order chi connectivity index (χ0) is 10.9. The van der Waals surface area contributed by atoms with Crippen LogP contribution in [0.3, 0.4) is 0 Å². The van der Waals surface area contributed by atoms with Crippen LogP contribution in [0.15, 0.2) is 16.6 Å². The van der Waals surface area contributed by atoms with Gasteiger partial charge in [-0.25, -0.2) is 0 Å². The molecule has 1 aromatic rings. The van der Waals surface area contributed by atoms with Crippen LogP contribution >= 0.6 is 15.9 Å². The molecule has 0 saturated heterocycles. The molecule has 14 heavy (non-hydrogen) atoms. The van der Waals surface area contributed by atoms with Crippen molar-refractivity contribution in [3.63, 3.8) is 0 Å². The number of phenolic OH excluding ortho intramolecular Hbond substituents is 1. The summed E-state index contributed by atoms with van der Waals surface area (Å²) in [6.45, 7) is 3.34. The van der Waals surface area contributed by atoms with Crippen molar-refractivity contribution in [2.24, 2.45) is 0 Å². The third-order valence-electron chi connectivity index (χ3n) is 1.93. The molecular formula is C10H13BrO3. The summed E-state index contributed by atoms with van der Waals surface area (Å²) in [5.74, 6) is 0.401. The Morgan fingerprint density at radius 3 is 2.36 bits per heavy atom. The van der Waals surface area contributed by atoms with E-state index >= 15 is 0 Å². The number of hydrogen-bond acceptors (Lipinski definition) is 3. The van der Waals surface area contributed by atoms with Crippen molar-refractivity contribution >= 4 is 15.9 Å². The van der Waals surface area contributed by atoms with Crippen molar-refractivity contribution in [2.75, 3.05) is 7.11 Å². The van der Waals surface area contributed by atoms with E-state index in [0.29, 0.717) is 15.8 Å². The molecule has 0 aromatic heterocycles. The summed E-state index contributed by atoms with van der Waals surface area (Å²) >= 11 is 3.27. The molecule has 0 unspecified atom stereocenters. The maximum absolute atomic E-state index is 9.81. The summed E-state index contributed by atoms with van der Waals surface area (Å²) < 4.78 is 5.61. The predicted molar refractivity (Wildman–Crippen MR) is 57.6 cm³/mol. The Bertz CT molecular complexity index is 342. The molecule has 0 spiro atoms. The third kappa shape index (κ3) is 2.19. The van der Waals surface area contributed by atoms with Gasteiger partial charge in [0.15, 0.2) is 11.5 Å². The Morgan fingerprint density at radius 1 is 1.36 bits per heavy atom. The number of hydrogen-bond donors (Lipinski definition) is 2. The van der Waals surface area contributed by atoms with Crippen LogP contribution in [0.2, 0.25) is 0 Å². The van der Waals surface area contributed by atoms with Gasteiger partial charge < -0.3 is 14.9 Å². The molecule has 0 atom stereocenters. The van der Waals surface area contributed by atoms with Crippen molar-refractivity contribution in [1.29, 1.82) is 0 Å². The number of aliphatic hydroxyl groups is 1.